The van der Waals surface area contributed by atoms with Gasteiger partial charge in [0.1, 0.15) is 48.8 Å². The van der Waals surface area contributed by atoms with Crippen LogP contribution in [0.5, 0.6) is 0 Å². The number of carbonyl (C=O) groups excluding carboxylic acids is 1. The fourth-order valence-corrected chi connectivity index (χ4v) is 8.59. The van der Waals surface area contributed by atoms with Crippen LogP contribution in [-0.4, -0.2) is 140 Å². The molecule has 14 heteroatoms. The highest BCUT2D eigenvalue weighted by molar-refractivity contribution is 5.76. The predicted molar refractivity (Wildman–Crippen MR) is 286 cm³/mol. The van der Waals surface area contributed by atoms with Crippen LogP contribution in [0.2, 0.25) is 0 Å². The third-order valence-corrected chi connectivity index (χ3v) is 13.1. The van der Waals surface area contributed by atoms with Gasteiger partial charge in [-0.2, -0.15) is 0 Å². The molecule has 0 saturated carbocycles. The van der Waals surface area contributed by atoms with Crippen LogP contribution in [0, 0.1) is 0 Å². The number of carbonyl (C=O) groups is 1. The lowest BCUT2D eigenvalue weighted by Gasteiger charge is -2.46. The largest absolute Gasteiger partial charge is 0.394 e. The fraction of sp³-hybridized carbons (Fsp3) is 0.741. The molecule has 2 saturated heterocycles. The summed E-state index contributed by atoms with van der Waals surface area (Å²) in [5.41, 5.74) is 0. The van der Waals surface area contributed by atoms with Crippen LogP contribution in [0.3, 0.4) is 0 Å². The summed E-state index contributed by atoms with van der Waals surface area (Å²) in [6.07, 6.45) is 41.4. The van der Waals surface area contributed by atoms with E-state index in [0.717, 1.165) is 83.5 Å². The second-order valence-corrected chi connectivity index (χ2v) is 19.3. The molecule has 0 aliphatic carbocycles. The van der Waals surface area contributed by atoms with Crippen molar-refractivity contribution >= 4 is 5.91 Å². The van der Waals surface area contributed by atoms with E-state index in [9.17, 15) is 45.6 Å². The van der Waals surface area contributed by atoms with Gasteiger partial charge >= 0.3 is 0 Å². The Morgan fingerprint density at radius 3 is 1.47 bits per heavy atom. The standard InChI is InChI=1S/C58H99NO13/c1-3-5-7-9-10-11-12-13-14-15-16-17-18-19-20-21-22-23-24-25-26-27-28-29-30-31-32-33-34-35-36-38-40-42-50(63)59-46(47(62)41-39-37-8-6-4-2)45-69-57-55(68)53(66)56(49(44-61)71-57)72-58-54(67)52(65)51(64)48(43-60)70-58/h5,7,10-11,13-14,16-17,19-20,22-23,39,41,46-49,51-58,60-62,64-68H,3-4,6,8-9,12,15,18,21,24-38,40,42-45H2,1-2H3,(H,59,63)/b7-5-,11-10-,14-13-,17-16-,20-19-,23-22-,41-39+. The number of allylic oxidation sites excluding steroid dienone is 13. The zero-order chi connectivity index (χ0) is 52.4. The van der Waals surface area contributed by atoms with E-state index in [1.54, 1.807) is 6.08 Å². The zero-order valence-corrected chi connectivity index (χ0v) is 44.1. The molecule has 14 nitrogen and oxygen atoms in total. The van der Waals surface area contributed by atoms with Gasteiger partial charge in [-0.25, -0.2) is 0 Å². The summed E-state index contributed by atoms with van der Waals surface area (Å²) in [6, 6.07) is -0.914. The van der Waals surface area contributed by atoms with Crippen molar-refractivity contribution in [2.24, 2.45) is 0 Å². The van der Waals surface area contributed by atoms with E-state index < -0.39 is 86.8 Å². The highest BCUT2D eigenvalue weighted by atomic mass is 16.7. The summed E-state index contributed by atoms with van der Waals surface area (Å²) < 4.78 is 22.6. The Morgan fingerprint density at radius 1 is 0.514 bits per heavy atom. The quantitative estimate of drug-likeness (QED) is 0.0207. The number of amides is 1. The number of hydrogen-bond donors (Lipinski definition) is 9. The van der Waals surface area contributed by atoms with Crippen LogP contribution >= 0.6 is 0 Å². The molecule has 0 spiro atoms. The molecule has 2 fully saturated rings. The second-order valence-electron chi connectivity index (χ2n) is 19.3. The van der Waals surface area contributed by atoms with E-state index in [-0.39, 0.29) is 18.9 Å². The lowest BCUT2D eigenvalue weighted by Crippen LogP contribution is -2.65. The van der Waals surface area contributed by atoms with Gasteiger partial charge in [0, 0.05) is 6.42 Å². The molecule has 0 bridgehead atoms. The first-order chi connectivity index (χ1) is 35.1. The number of ether oxygens (including phenoxy) is 4. The molecule has 2 heterocycles. The average molecular weight is 1020 g/mol. The molecule has 0 radical (unpaired) electrons. The first-order valence-electron chi connectivity index (χ1n) is 27.8. The molecule has 1 amide bonds. The monoisotopic (exact) mass is 1020 g/mol. The zero-order valence-electron chi connectivity index (χ0n) is 44.1. The molecule has 0 aromatic heterocycles. The maximum atomic E-state index is 13.1. The van der Waals surface area contributed by atoms with Gasteiger partial charge in [-0.05, 0) is 70.6 Å². The van der Waals surface area contributed by atoms with E-state index >= 15 is 0 Å². The summed E-state index contributed by atoms with van der Waals surface area (Å²) in [5.74, 6) is -0.252. The molecule has 72 heavy (non-hydrogen) atoms. The van der Waals surface area contributed by atoms with Gasteiger partial charge in [0.25, 0.3) is 0 Å². The average Bonchev–Trinajstić information content (AvgIpc) is 3.38. The van der Waals surface area contributed by atoms with Crippen LogP contribution in [0.1, 0.15) is 181 Å². The maximum Gasteiger partial charge on any atom is 0.220 e. The van der Waals surface area contributed by atoms with Crippen LogP contribution in [-0.2, 0) is 23.7 Å². The summed E-state index contributed by atoms with van der Waals surface area (Å²) >= 11 is 0. The van der Waals surface area contributed by atoms with E-state index in [4.69, 9.17) is 18.9 Å². The number of aliphatic hydroxyl groups is 8. The lowest BCUT2D eigenvalue weighted by atomic mass is 9.97. The van der Waals surface area contributed by atoms with Crippen molar-refractivity contribution in [3.63, 3.8) is 0 Å². The number of nitrogens with one attached hydrogen (secondary N) is 1. The molecule has 0 aromatic rings. The Balaban J connectivity index is 1.57. The number of hydrogen-bond acceptors (Lipinski definition) is 13. The van der Waals surface area contributed by atoms with Gasteiger partial charge in [-0.15, -0.1) is 0 Å². The Labute approximate surface area is 433 Å². The highest BCUT2D eigenvalue weighted by Crippen LogP contribution is 2.30. The molecular formula is C58H99NO13. The Hall–Kier alpha value is -2.83. The summed E-state index contributed by atoms with van der Waals surface area (Å²) in [6.45, 7) is 2.53. The van der Waals surface area contributed by atoms with Crippen molar-refractivity contribution in [2.75, 3.05) is 19.8 Å². The number of aliphatic hydroxyl groups excluding tert-OH is 8. The molecule has 2 rings (SSSR count). The van der Waals surface area contributed by atoms with E-state index in [2.05, 4.69) is 92.1 Å². The minimum Gasteiger partial charge on any atom is -0.394 e. The predicted octanol–water partition coefficient (Wildman–Crippen LogP) is 8.55. The van der Waals surface area contributed by atoms with Gasteiger partial charge in [0.05, 0.1) is 32.0 Å². The topological polar surface area (TPSA) is 228 Å². The third-order valence-electron chi connectivity index (χ3n) is 13.1. The Bertz CT molecular complexity index is 1530. The first kappa shape index (κ1) is 65.3. The van der Waals surface area contributed by atoms with Crippen molar-refractivity contribution < 1.29 is 64.6 Å². The van der Waals surface area contributed by atoms with Crippen molar-refractivity contribution in [3.05, 3.63) is 85.1 Å². The number of unbranched alkanes of at least 4 members (excludes halogenated alkanes) is 17. The third kappa shape index (κ3) is 29.3. The van der Waals surface area contributed by atoms with Gasteiger partial charge in [-0.1, -0.05) is 189 Å². The fourth-order valence-electron chi connectivity index (χ4n) is 8.59. The van der Waals surface area contributed by atoms with Gasteiger partial charge in [-0.3, -0.25) is 4.79 Å². The Morgan fingerprint density at radius 2 is 0.958 bits per heavy atom. The minimum atomic E-state index is -1.79. The van der Waals surface area contributed by atoms with Gasteiger partial charge in [0.2, 0.25) is 5.91 Å². The van der Waals surface area contributed by atoms with Crippen molar-refractivity contribution in [1.82, 2.24) is 5.32 Å². The van der Waals surface area contributed by atoms with E-state index in [1.165, 1.54) is 70.6 Å². The van der Waals surface area contributed by atoms with E-state index in [0.29, 0.717) is 6.42 Å². The summed E-state index contributed by atoms with van der Waals surface area (Å²) in [5, 5.41) is 86.3. The Kier molecular flexibility index (Phi) is 39.4. The van der Waals surface area contributed by atoms with Crippen LogP contribution in [0.15, 0.2) is 85.1 Å². The molecule has 2 aliphatic rings. The van der Waals surface area contributed by atoms with Gasteiger partial charge in [0.15, 0.2) is 12.6 Å². The normalized spacial score (nSPS) is 26.2. The molecule has 2 aliphatic heterocycles. The molecule has 0 aromatic carbocycles. The smallest absolute Gasteiger partial charge is 0.220 e. The lowest BCUT2D eigenvalue weighted by molar-refractivity contribution is -0.359. The second kappa shape index (κ2) is 43.4. The maximum absolute atomic E-state index is 13.1. The van der Waals surface area contributed by atoms with Crippen LogP contribution in [0.4, 0.5) is 0 Å². The summed E-state index contributed by atoms with van der Waals surface area (Å²) in [4.78, 5) is 13.1. The van der Waals surface area contributed by atoms with Crippen LogP contribution in [0.25, 0.3) is 0 Å². The molecular weight excluding hydrogens is 919 g/mol. The van der Waals surface area contributed by atoms with Crippen molar-refractivity contribution in [1.29, 1.82) is 0 Å². The minimum absolute atomic E-state index is 0.252. The van der Waals surface area contributed by atoms with Crippen LogP contribution < -0.4 is 5.32 Å². The SMILES string of the molecule is CC/C=C\C/C=C\C/C=C\C/C=C\C/C=C\C/C=C\CCCCCCCCCCCCCCCCC(=O)NC(COC1OC(CO)C(OC2OC(CO)C(O)C(O)C2O)C(O)C1O)C(O)/C=C/CCCCC. The van der Waals surface area contributed by atoms with Crippen molar-refractivity contribution in [2.45, 2.75) is 254 Å². The van der Waals surface area contributed by atoms with Crippen molar-refractivity contribution in [3.8, 4) is 0 Å². The van der Waals surface area contributed by atoms with E-state index in [1.807, 2.05) is 6.08 Å². The van der Waals surface area contributed by atoms with Gasteiger partial charge < -0.3 is 65.1 Å². The molecule has 9 N–H and O–H groups in total. The molecule has 12 atom stereocenters. The summed E-state index contributed by atoms with van der Waals surface area (Å²) in [7, 11) is 0. The molecule has 414 valence electrons. The number of rotatable bonds is 42. The molecule has 12 unspecified atom stereocenters. The first-order valence-corrected chi connectivity index (χ1v) is 27.8. The highest BCUT2D eigenvalue weighted by Gasteiger charge is 2.51.